The number of anilines is 1. The van der Waals surface area contributed by atoms with E-state index in [0.717, 1.165) is 11.3 Å². The van der Waals surface area contributed by atoms with Crippen molar-refractivity contribution in [3.05, 3.63) is 48.0 Å². The van der Waals surface area contributed by atoms with Crippen molar-refractivity contribution in [3.63, 3.8) is 0 Å². The normalized spacial score (nSPS) is 10.3. The number of hydrogen-bond acceptors (Lipinski definition) is 2. The van der Waals surface area contributed by atoms with Crippen LogP contribution in [0.3, 0.4) is 0 Å². The smallest absolute Gasteiger partial charge is 0.133 e. The summed E-state index contributed by atoms with van der Waals surface area (Å²) >= 11 is 0. The van der Waals surface area contributed by atoms with Crippen LogP contribution in [0.2, 0.25) is 0 Å². The highest BCUT2D eigenvalue weighted by Gasteiger charge is 2.05. The molecule has 0 saturated heterocycles. The van der Waals surface area contributed by atoms with Gasteiger partial charge in [-0.1, -0.05) is 0 Å². The number of benzene rings is 1. The molecule has 1 heterocycles. The van der Waals surface area contributed by atoms with E-state index in [-0.39, 0.29) is 5.82 Å². The van der Waals surface area contributed by atoms with Crippen LogP contribution < -0.4 is 5.73 Å². The molecule has 0 aliphatic rings. The minimum atomic E-state index is -0.305. The fourth-order valence-corrected chi connectivity index (χ4v) is 1.48. The molecule has 15 heavy (non-hydrogen) atoms. The molecule has 1 aromatic carbocycles. The Labute approximate surface area is 87.6 Å². The van der Waals surface area contributed by atoms with Gasteiger partial charge in [0.2, 0.25) is 0 Å². The van der Waals surface area contributed by atoms with Crippen LogP contribution in [0.25, 0.3) is 11.1 Å². The van der Waals surface area contributed by atoms with Crippen molar-refractivity contribution in [2.24, 2.45) is 0 Å². The van der Waals surface area contributed by atoms with E-state index in [1.165, 1.54) is 6.07 Å². The van der Waals surface area contributed by atoms with Crippen LogP contribution in [-0.2, 0) is 0 Å². The van der Waals surface area contributed by atoms with Crippen LogP contribution in [0.4, 0.5) is 10.1 Å². The highest BCUT2D eigenvalue weighted by molar-refractivity contribution is 5.66. The second kappa shape index (κ2) is 3.69. The zero-order valence-electron chi connectivity index (χ0n) is 8.37. The van der Waals surface area contributed by atoms with Crippen molar-refractivity contribution in [1.82, 2.24) is 4.98 Å². The van der Waals surface area contributed by atoms with Crippen molar-refractivity contribution in [3.8, 4) is 11.1 Å². The number of nitrogens with two attached hydrogens (primary N) is 1. The van der Waals surface area contributed by atoms with Crippen LogP contribution in [0.1, 0.15) is 5.69 Å². The fraction of sp³-hybridized carbons (Fsp3) is 0.0833. The lowest BCUT2D eigenvalue weighted by Crippen LogP contribution is -1.90. The van der Waals surface area contributed by atoms with Crippen molar-refractivity contribution < 1.29 is 4.39 Å². The van der Waals surface area contributed by atoms with Crippen LogP contribution >= 0.6 is 0 Å². The maximum atomic E-state index is 13.6. The molecule has 0 aliphatic heterocycles. The summed E-state index contributed by atoms with van der Waals surface area (Å²) in [4.78, 5) is 4.07. The van der Waals surface area contributed by atoms with Gasteiger partial charge >= 0.3 is 0 Å². The van der Waals surface area contributed by atoms with Gasteiger partial charge in [-0.05, 0) is 42.8 Å². The van der Waals surface area contributed by atoms with Gasteiger partial charge in [-0.2, -0.15) is 0 Å². The molecular weight excluding hydrogens is 191 g/mol. The third-order valence-corrected chi connectivity index (χ3v) is 2.20. The predicted octanol–water partition coefficient (Wildman–Crippen LogP) is 2.78. The highest BCUT2D eigenvalue weighted by atomic mass is 19.1. The molecule has 0 bridgehead atoms. The van der Waals surface area contributed by atoms with Crippen LogP contribution in [0.5, 0.6) is 0 Å². The molecule has 0 aliphatic carbocycles. The summed E-state index contributed by atoms with van der Waals surface area (Å²) in [6.07, 6.45) is 1.67. The van der Waals surface area contributed by atoms with Crippen molar-refractivity contribution >= 4 is 5.69 Å². The van der Waals surface area contributed by atoms with Crippen molar-refractivity contribution in [2.45, 2.75) is 6.92 Å². The molecule has 0 radical (unpaired) electrons. The molecule has 76 valence electrons. The average Bonchev–Trinajstić information content (AvgIpc) is 2.17. The molecular formula is C12H11FN2. The largest absolute Gasteiger partial charge is 0.399 e. The topological polar surface area (TPSA) is 38.9 Å². The maximum Gasteiger partial charge on any atom is 0.133 e. The molecule has 0 unspecified atom stereocenters. The second-order valence-corrected chi connectivity index (χ2v) is 3.43. The first kappa shape index (κ1) is 9.65. The molecule has 0 amide bonds. The average molecular weight is 202 g/mol. The second-order valence-electron chi connectivity index (χ2n) is 3.43. The minimum absolute atomic E-state index is 0.305. The SMILES string of the molecule is Cc1cc(-c2ccc(N)cc2F)ccn1. The fourth-order valence-electron chi connectivity index (χ4n) is 1.48. The number of nitrogen functional groups attached to an aromatic ring is 1. The summed E-state index contributed by atoms with van der Waals surface area (Å²) in [7, 11) is 0. The van der Waals surface area contributed by atoms with Gasteiger partial charge in [0.15, 0.2) is 0 Å². The van der Waals surface area contributed by atoms with E-state index in [4.69, 9.17) is 5.73 Å². The minimum Gasteiger partial charge on any atom is -0.399 e. The number of halogens is 1. The number of aromatic nitrogens is 1. The third kappa shape index (κ3) is 1.96. The number of hydrogen-bond donors (Lipinski definition) is 1. The van der Waals surface area contributed by atoms with Gasteiger partial charge in [-0.15, -0.1) is 0 Å². The summed E-state index contributed by atoms with van der Waals surface area (Å²) in [6.45, 7) is 1.87. The lowest BCUT2D eigenvalue weighted by molar-refractivity contribution is 0.632. The third-order valence-electron chi connectivity index (χ3n) is 2.20. The molecule has 2 N–H and O–H groups in total. The van der Waals surface area contributed by atoms with Gasteiger partial charge in [-0.3, -0.25) is 4.98 Å². The predicted molar refractivity (Wildman–Crippen MR) is 58.8 cm³/mol. The lowest BCUT2D eigenvalue weighted by atomic mass is 10.1. The molecule has 2 rings (SSSR count). The molecule has 0 fully saturated rings. The maximum absolute atomic E-state index is 13.6. The Hall–Kier alpha value is -1.90. The summed E-state index contributed by atoms with van der Waals surface area (Å²) in [6, 6.07) is 8.31. The highest BCUT2D eigenvalue weighted by Crippen LogP contribution is 2.24. The van der Waals surface area contributed by atoms with E-state index in [9.17, 15) is 4.39 Å². The van der Waals surface area contributed by atoms with E-state index in [0.29, 0.717) is 11.3 Å². The molecule has 2 nitrogen and oxygen atoms in total. The molecule has 2 aromatic rings. The number of rotatable bonds is 1. The summed E-state index contributed by atoms with van der Waals surface area (Å²) in [5.74, 6) is -0.305. The van der Waals surface area contributed by atoms with Crippen LogP contribution in [0.15, 0.2) is 36.5 Å². The van der Waals surface area contributed by atoms with Gasteiger partial charge in [-0.25, -0.2) is 4.39 Å². The molecule has 0 atom stereocenters. The van der Waals surface area contributed by atoms with Gasteiger partial charge < -0.3 is 5.73 Å². The monoisotopic (exact) mass is 202 g/mol. The van der Waals surface area contributed by atoms with Gasteiger partial charge in [0.1, 0.15) is 5.82 Å². The standard InChI is InChI=1S/C12H11FN2/c1-8-6-9(4-5-15-8)11-3-2-10(14)7-12(11)13/h2-7H,14H2,1H3. The number of aryl methyl sites for hydroxylation is 1. The summed E-state index contributed by atoms with van der Waals surface area (Å²) in [5.41, 5.74) is 8.15. The zero-order chi connectivity index (χ0) is 10.8. The lowest BCUT2D eigenvalue weighted by Gasteiger charge is -2.04. The van der Waals surface area contributed by atoms with Gasteiger partial charge in [0.05, 0.1) is 0 Å². The van der Waals surface area contributed by atoms with Crippen LogP contribution in [0, 0.1) is 12.7 Å². The Morgan fingerprint density at radius 3 is 2.67 bits per heavy atom. The van der Waals surface area contributed by atoms with E-state index in [2.05, 4.69) is 4.98 Å². The molecule has 3 heteroatoms. The first-order valence-corrected chi connectivity index (χ1v) is 4.65. The Kier molecular flexibility index (Phi) is 2.37. The quantitative estimate of drug-likeness (QED) is 0.722. The van der Waals surface area contributed by atoms with E-state index >= 15 is 0 Å². The van der Waals surface area contributed by atoms with E-state index < -0.39 is 0 Å². The first-order valence-electron chi connectivity index (χ1n) is 4.65. The Balaban J connectivity index is 2.54. The molecule has 0 spiro atoms. The number of pyridine rings is 1. The summed E-state index contributed by atoms with van der Waals surface area (Å²) < 4.78 is 13.6. The summed E-state index contributed by atoms with van der Waals surface area (Å²) in [5, 5.41) is 0. The van der Waals surface area contributed by atoms with Crippen LogP contribution in [-0.4, -0.2) is 4.98 Å². The Morgan fingerprint density at radius 1 is 1.20 bits per heavy atom. The van der Waals surface area contributed by atoms with E-state index in [1.54, 1.807) is 24.4 Å². The first-order chi connectivity index (χ1) is 7.16. The zero-order valence-corrected chi connectivity index (χ0v) is 8.37. The molecule has 1 aromatic heterocycles. The molecule has 0 saturated carbocycles. The Bertz CT molecular complexity index is 495. The Morgan fingerprint density at radius 2 is 2.00 bits per heavy atom. The van der Waals surface area contributed by atoms with Crippen molar-refractivity contribution in [1.29, 1.82) is 0 Å². The number of nitrogens with zero attached hydrogens (tertiary/aromatic N) is 1. The van der Waals surface area contributed by atoms with Crippen molar-refractivity contribution in [2.75, 3.05) is 5.73 Å². The van der Waals surface area contributed by atoms with E-state index in [1.807, 2.05) is 13.0 Å². The van der Waals surface area contributed by atoms with Gasteiger partial charge in [0.25, 0.3) is 0 Å². The van der Waals surface area contributed by atoms with Gasteiger partial charge in [0, 0.05) is 23.1 Å².